The summed E-state index contributed by atoms with van der Waals surface area (Å²) in [4.78, 5) is 10.0. The maximum absolute atomic E-state index is 5.26. The number of hydrogen-bond acceptors (Lipinski definition) is 4. The lowest BCUT2D eigenvalue weighted by atomic mass is 9.97. The number of aliphatic imine (C=N–C) groups is 1. The lowest BCUT2D eigenvalue weighted by Crippen LogP contribution is -2.44. The van der Waals surface area contributed by atoms with Gasteiger partial charge in [-0.15, -0.1) is 0 Å². The summed E-state index contributed by atoms with van der Waals surface area (Å²) in [5, 5.41) is 3.71. The SMILES string of the molecule is C=C(C)c1ccccc1NC(C)c1cccc2c1N=C(N1CC3CC3C1)N(CC)C2=C.CC. The number of allylic oxidation sites excluding steroid dienone is 1. The molecule has 2 fully saturated rings. The first-order valence-corrected chi connectivity index (χ1v) is 12.4. The fourth-order valence-corrected chi connectivity index (χ4v) is 5.12. The number of benzene rings is 2. The second-order valence-corrected chi connectivity index (χ2v) is 9.20. The minimum atomic E-state index is 0.105. The van der Waals surface area contributed by atoms with Crippen molar-refractivity contribution < 1.29 is 0 Å². The molecule has 1 saturated heterocycles. The number of nitrogens with zero attached hydrogens (tertiary/aromatic N) is 3. The van der Waals surface area contributed by atoms with Crippen molar-refractivity contribution in [3.63, 3.8) is 0 Å². The maximum atomic E-state index is 5.26. The zero-order valence-electron chi connectivity index (χ0n) is 20.9. The molecule has 3 unspecified atom stereocenters. The van der Waals surface area contributed by atoms with Gasteiger partial charge in [-0.1, -0.05) is 63.4 Å². The number of guanidine groups is 1. The Balaban J connectivity index is 0.00000126. The monoisotopic (exact) mass is 442 g/mol. The summed E-state index contributed by atoms with van der Waals surface area (Å²) in [5.41, 5.74) is 7.77. The molecule has 2 aromatic carbocycles. The van der Waals surface area contributed by atoms with Crippen LogP contribution in [0.15, 0.2) is 60.6 Å². The molecule has 2 heterocycles. The maximum Gasteiger partial charge on any atom is 0.206 e. The van der Waals surface area contributed by atoms with E-state index in [1.165, 1.54) is 12.0 Å². The lowest BCUT2D eigenvalue weighted by molar-refractivity contribution is 0.398. The molecule has 1 N–H and O–H groups in total. The van der Waals surface area contributed by atoms with Gasteiger partial charge in [0.2, 0.25) is 5.96 Å². The van der Waals surface area contributed by atoms with Crippen LogP contribution in [0.5, 0.6) is 0 Å². The molecule has 0 bridgehead atoms. The number of piperidine rings is 1. The molecule has 1 saturated carbocycles. The first-order chi connectivity index (χ1) is 16.0. The van der Waals surface area contributed by atoms with E-state index in [4.69, 9.17) is 4.99 Å². The quantitative estimate of drug-likeness (QED) is 0.533. The Kier molecular flexibility index (Phi) is 6.64. The third-order valence-electron chi connectivity index (χ3n) is 6.96. The van der Waals surface area contributed by atoms with Crippen LogP contribution in [0.25, 0.3) is 11.3 Å². The van der Waals surface area contributed by atoms with Gasteiger partial charge in [0.1, 0.15) is 0 Å². The van der Waals surface area contributed by atoms with Crippen molar-refractivity contribution in [2.75, 3.05) is 25.0 Å². The van der Waals surface area contributed by atoms with Crippen molar-refractivity contribution in [2.45, 2.75) is 47.1 Å². The Labute approximate surface area is 199 Å². The fraction of sp³-hybridized carbons (Fsp3) is 0.414. The highest BCUT2D eigenvalue weighted by molar-refractivity contribution is 5.97. The lowest BCUT2D eigenvalue weighted by Gasteiger charge is -2.37. The second-order valence-electron chi connectivity index (χ2n) is 9.20. The van der Waals surface area contributed by atoms with Gasteiger partial charge in [-0.05, 0) is 56.2 Å². The average molecular weight is 443 g/mol. The van der Waals surface area contributed by atoms with Crippen molar-refractivity contribution in [1.29, 1.82) is 0 Å². The van der Waals surface area contributed by atoms with Crippen LogP contribution in [-0.2, 0) is 0 Å². The Bertz CT molecular complexity index is 1070. The molecule has 2 aliphatic heterocycles. The molecule has 0 spiro atoms. The van der Waals surface area contributed by atoms with E-state index in [1.54, 1.807) is 0 Å². The second kappa shape index (κ2) is 9.46. The smallest absolute Gasteiger partial charge is 0.206 e. The third-order valence-corrected chi connectivity index (χ3v) is 6.96. The zero-order chi connectivity index (χ0) is 23.7. The van der Waals surface area contributed by atoms with Gasteiger partial charge in [0.25, 0.3) is 0 Å². The molecular formula is C29H38N4. The average Bonchev–Trinajstić information content (AvgIpc) is 3.44. The topological polar surface area (TPSA) is 30.9 Å². The van der Waals surface area contributed by atoms with Gasteiger partial charge in [-0.2, -0.15) is 0 Å². The molecule has 4 heteroatoms. The number of hydrogen-bond donors (Lipinski definition) is 1. The third kappa shape index (κ3) is 4.31. The molecule has 174 valence electrons. The predicted octanol–water partition coefficient (Wildman–Crippen LogP) is 7.16. The Morgan fingerprint density at radius 2 is 1.82 bits per heavy atom. The molecule has 3 atom stereocenters. The minimum Gasteiger partial charge on any atom is -0.378 e. The van der Waals surface area contributed by atoms with E-state index in [0.717, 1.165) is 71.2 Å². The summed E-state index contributed by atoms with van der Waals surface area (Å²) in [6.45, 7) is 22.2. The highest BCUT2D eigenvalue weighted by atomic mass is 15.4. The van der Waals surface area contributed by atoms with E-state index in [0.29, 0.717) is 0 Å². The number of nitrogens with one attached hydrogen (secondary N) is 1. The van der Waals surface area contributed by atoms with E-state index < -0.39 is 0 Å². The molecule has 0 aromatic heterocycles. The van der Waals surface area contributed by atoms with Gasteiger partial charge in [0.05, 0.1) is 11.7 Å². The Hall–Kier alpha value is -3.01. The van der Waals surface area contributed by atoms with Gasteiger partial charge in [0, 0.05) is 42.1 Å². The molecule has 1 aliphatic carbocycles. The summed E-state index contributed by atoms with van der Waals surface area (Å²) >= 11 is 0. The standard InChI is InChI=1S/C27H32N4.C2H6/c1-6-31-19(5)24-12-9-11-23(18(4)28-25-13-8-7-10-22(25)17(2)3)26(24)29-27(31)30-15-20-14-21(20)16-30;1-2/h7-13,18,20-21,28H,2,5-6,14-16H2,1,3-4H3;1-2H3. The van der Waals surface area contributed by atoms with Crippen LogP contribution in [0.3, 0.4) is 0 Å². The van der Waals surface area contributed by atoms with Crippen LogP contribution in [0.2, 0.25) is 0 Å². The summed E-state index contributed by atoms with van der Waals surface area (Å²) in [5.74, 6) is 2.81. The van der Waals surface area contributed by atoms with E-state index in [2.05, 4.69) is 91.5 Å². The molecule has 0 amide bonds. The van der Waals surface area contributed by atoms with Gasteiger partial charge in [-0.3, -0.25) is 0 Å². The number of para-hydroxylation sites is 2. The first-order valence-electron chi connectivity index (χ1n) is 12.4. The molecule has 3 aliphatic rings. The molecular weight excluding hydrogens is 404 g/mol. The minimum absolute atomic E-state index is 0.105. The van der Waals surface area contributed by atoms with E-state index in [9.17, 15) is 0 Å². The highest BCUT2D eigenvalue weighted by Gasteiger charge is 2.47. The number of rotatable bonds is 5. The number of likely N-dealkylation sites (tertiary alicyclic amines) is 1. The van der Waals surface area contributed by atoms with Crippen LogP contribution >= 0.6 is 0 Å². The van der Waals surface area contributed by atoms with E-state index in [-0.39, 0.29) is 6.04 Å². The van der Waals surface area contributed by atoms with E-state index in [1.807, 2.05) is 13.8 Å². The zero-order valence-corrected chi connectivity index (χ0v) is 20.9. The number of anilines is 1. The molecule has 33 heavy (non-hydrogen) atoms. The number of fused-ring (bicyclic) bond motifs is 2. The summed E-state index contributed by atoms with van der Waals surface area (Å²) in [7, 11) is 0. The fourth-order valence-electron chi connectivity index (χ4n) is 5.12. The van der Waals surface area contributed by atoms with Crippen molar-refractivity contribution >= 4 is 28.6 Å². The largest absolute Gasteiger partial charge is 0.378 e. The van der Waals surface area contributed by atoms with Gasteiger partial charge in [-0.25, -0.2) is 4.99 Å². The van der Waals surface area contributed by atoms with Crippen molar-refractivity contribution in [3.05, 3.63) is 72.3 Å². The molecule has 0 radical (unpaired) electrons. The van der Waals surface area contributed by atoms with E-state index >= 15 is 0 Å². The van der Waals surface area contributed by atoms with Crippen molar-refractivity contribution in [1.82, 2.24) is 9.80 Å². The van der Waals surface area contributed by atoms with Crippen LogP contribution in [0.4, 0.5) is 11.4 Å². The Morgan fingerprint density at radius 1 is 1.12 bits per heavy atom. The van der Waals surface area contributed by atoms with Crippen molar-refractivity contribution in [2.24, 2.45) is 16.8 Å². The summed E-state index contributed by atoms with van der Waals surface area (Å²) in [6.07, 6.45) is 1.39. The van der Waals surface area contributed by atoms with Gasteiger partial charge >= 0.3 is 0 Å². The molecule has 5 rings (SSSR count). The van der Waals surface area contributed by atoms with Crippen LogP contribution in [0, 0.1) is 11.8 Å². The summed E-state index contributed by atoms with van der Waals surface area (Å²) in [6, 6.07) is 14.9. The van der Waals surface area contributed by atoms with Crippen molar-refractivity contribution in [3.8, 4) is 0 Å². The Morgan fingerprint density at radius 3 is 2.48 bits per heavy atom. The van der Waals surface area contributed by atoms with Crippen LogP contribution in [-0.4, -0.2) is 35.4 Å². The van der Waals surface area contributed by atoms with Crippen LogP contribution < -0.4 is 5.32 Å². The van der Waals surface area contributed by atoms with Gasteiger partial charge < -0.3 is 15.1 Å². The van der Waals surface area contributed by atoms with Gasteiger partial charge in [0.15, 0.2) is 0 Å². The highest BCUT2D eigenvalue weighted by Crippen LogP contribution is 2.47. The molecule has 4 nitrogen and oxygen atoms in total. The summed E-state index contributed by atoms with van der Waals surface area (Å²) < 4.78 is 0. The predicted molar refractivity (Wildman–Crippen MR) is 143 cm³/mol. The first kappa shape index (κ1) is 23.2. The van der Waals surface area contributed by atoms with Crippen LogP contribution in [0.1, 0.15) is 63.8 Å². The molecule has 2 aromatic rings. The normalized spacial score (nSPS) is 21.4.